The molecule has 1 aromatic carbocycles. The maximum atomic E-state index is 12.6. The Morgan fingerprint density at radius 1 is 1.35 bits per heavy atom. The molecular weight excluding hydrogens is 254 g/mol. The van der Waals surface area contributed by atoms with Crippen LogP contribution >= 0.6 is 0 Å². The first-order valence-electron chi connectivity index (χ1n) is 7.10. The molecule has 108 valence electrons. The van der Waals surface area contributed by atoms with E-state index in [4.69, 9.17) is 5.11 Å². The normalized spacial score (nSPS) is 16.4. The zero-order valence-corrected chi connectivity index (χ0v) is 12.0. The van der Waals surface area contributed by atoms with Crippen LogP contribution in [0.3, 0.4) is 0 Å². The van der Waals surface area contributed by atoms with Gasteiger partial charge in [-0.2, -0.15) is 0 Å². The molecule has 4 heteroatoms. The standard InChI is InChI=1S/C16H21NO3/c1-11(2)17(9-5-8-15(18)19)16(20)14-10-12-6-3-4-7-13(12)14/h3-4,6-7,11,14H,5,8-10H2,1-2H3,(H,18,19). The van der Waals surface area contributed by atoms with E-state index in [1.165, 1.54) is 5.56 Å². The van der Waals surface area contributed by atoms with Crippen LogP contribution in [0, 0.1) is 0 Å². The number of benzene rings is 1. The van der Waals surface area contributed by atoms with E-state index in [-0.39, 0.29) is 24.3 Å². The molecule has 1 atom stereocenters. The summed E-state index contributed by atoms with van der Waals surface area (Å²) in [6.45, 7) is 4.47. The zero-order chi connectivity index (χ0) is 14.7. The van der Waals surface area contributed by atoms with Crippen LogP contribution in [-0.4, -0.2) is 34.5 Å². The number of carbonyl (C=O) groups excluding carboxylic acids is 1. The lowest BCUT2D eigenvalue weighted by Crippen LogP contribution is -2.43. The molecule has 1 aromatic rings. The van der Waals surface area contributed by atoms with Gasteiger partial charge in [0.15, 0.2) is 0 Å². The van der Waals surface area contributed by atoms with Crippen molar-refractivity contribution in [1.29, 1.82) is 0 Å². The summed E-state index contributed by atoms with van der Waals surface area (Å²) >= 11 is 0. The van der Waals surface area contributed by atoms with Crippen molar-refractivity contribution in [3.05, 3.63) is 35.4 Å². The highest BCUT2D eigenvalue weighted by molar-refractivity contribution is 5.87. The fourth-order valence-electron chi connectivity index (χ4n) is 2.70. The number of amides is 1. The Labute approximate surface area is 119 Å². The third kappa shape index (κ3) is 3.00. The van der Waals surface area contributed by atoms with Crippen molar-refractivity contribution in [2.24, 2.45) is 0 Å². The van der Waals surface area contributed by atoms with Gasteiger partial charge < -0.3 is 10.0 Å². The second-order valence-electron chi connectivity index (χ2n) is 5.58. The molecule has 1 amide bonds. The van der Waals surface area contributed by atoms with E-state index in [1.807, 2.05) is 36.9 Å². The van der Waals surface area contributed by atoms with Crippen LogP contribution in [0.25, 0.3) is 0 Å². The molecule has 1 N–H and O–H groups in total. The maximum absolute atomic E-state index is 12.6. The van der Waals surface area contributed by atoms with Gasteiger partial charge in [0.1, 0.15) is 0 Å². The van der Waals surface area contributed by atoms with Crippen LogP contribution in [0.4, 0.5) is 0 Å². The van der Waals surface area contributed by atoms with Crippen molar-refractivity contribution in [1.82, 2.24) is 4.90 Å². The van der Waals surface area contributed by atoms with Crippen molar-refractivity contribution < 1.29 is 14.7 Å². The zero-order valence-electron chi connectivity index (χ0n) is 12.0. The average molecular weight is 275 g/mol. The molecule has 0 bridgehead atoms. The van der Waals surface area contributed by atoms with Crippen LogP contribution in [0.1, 0.15) is 43.7 Å². The van der Waals surface area contributed by atoms with Crippen molar-refractivity contribution in [3.63, 3.8) is 0 Å². The highest BCUT2D eigenvalue weighted by atomic mass is 16.4. The van der Waals surface area contributed by atoms with E-state index in [0.717, 1.165) is 12.0 Å². The first-order chi connectivity index (χ1) is 9.50. The summed E-state index contributed by atoms with van der Waals surface area (Å²) < 4.78 is 0. The maximum Gasteiger partial charge on any atom is 0.303 e. The Balaban J connectivity index is 2.00. The molecular formula is C16H21NO3. The lowest BCUT2D eigenvalue weighted by Gasteiger charge is -2.36. The number of nitrogens with zero attached hydrogens (tertiary/aromatic N) is 1. The van der Waals surface area contributed by atoms with Gasteiger partial charge in [0, 0.05) is 19.0 Å². The minimum Gasteiger partial charge on any atom is -0.481 e. The van der Waals surface area contributed by atoms with Crippen molar-refractivity contribution in [3.8, 4) is 0 Å². The number of fused-ring (bicyclic) bond motifs is 1. The van der Waals surface area contributed by atoms with E-state index in [9.17, 15) is 9.59 Å². The third-order valence-electron chi connectivity index (χ3n) is 3.85. The van der Waals surface area contributed by atoms with E-state index in [1.54, 1.807) is 0 Å². The molecule has 0 saturated heterocycles. The van der Waals surface area contributed by atoms with Gasteiger partial charge in [-0.15, -0.1) is 0 Å². The fourth-order valence-corrected chi connectivity index (χ4v) is 2.70. The number of aliphatic carboxylic acids is 1. The van der Waals surface area contributed by atoms with Gasteiger partial charge in [0.25, 0.3) is 0 Å². The smallest absolute Gasteiger partial charge is 0.303 e. The molecule has 20 heavy (non-hydrogen) atoms. The topological polar surface area (TPSA) is 57.6 Å². The predicted octanol–water partition coefficient (Wildman–Crippen LogP) is 2.43. The summed E-state index contributed by atoms with van der Waals surface area (Å²) in [6, 6.07) is 8.12. The molecule has 0 fully saturated rings. The minimum atomic E-state index is -0.810. The molecule has 0 saturated carbocycles. The molecule has 1 aliphatic rings. The Hall–Kier alpha value is -1.84. The summed E-state index contributed by atoms with van der Waals surface area (Å²) in [5, 5.41) is 8.70. The van der Waals surface area contributed by atoms with Crippen LogP contribution in [0.15, 0.2) is 24.3 Å². The van der Waals surface area contributed by atoms with E-state index in [0.29, 0.717) is 13.0 Å². The summed E-state index contributed by atoms with van der Waals surface area (Å²) in [5.74, 6) is -0.724. The molecule has 0 spiro atoms. The molecule has 0 radical (unpaired) electrons. The van der Waals surface area contributed by atoms with E-state index >= 15 is 0 Å². The quantitative estimate of drug-likeness (QED) is 0.867. The highest BCUT2D eigenvalue weighted by Gasteiger charge is 2.35. The van der Waals surface area contributed by atoms with E-state index in [2.05, 4.69) is 6.07 Å². The Kier molecular flexibility index (Phi) is 4.42. The van der Waals surface area contributed by atoms with Crippen molar-refractivity contribution in [2.45, 2.75) is 45.1 Å². The number of carbonyl (C=O) groups is 2. The van der Waals surface area contributed by atoms with Gasteiger partial charge in [-0.1, -0.05) is 24.3 Å². The van der Waals surface area contributed by atoms with Crippen molar-refractivity contribution >= 4 is 11.9 Å². The first-order valence-corrected chi connectivity index (χ1v) is 7.10. The number of rotatable bonds is 6. The second-order valence-corrected chi connectivity index (χ2v) is 5.58. The largest absolute Gasteiger partial charge is 0.481 e. The molecule has 2 rings (SSSR count). The van der Waals surface area contributed by atoms with Crippen LogP contribution in [-0.2, 0) is 16.0 Å². The number of hydrogen-bond acceptors (Lipinski definition) is 2. The van der Waals surface area contributed by atoms with Gasteiger partial charge in [-0.3, -0.25) is 9.59 Å². The summed E-state index contributed by atoms with van der Waals surface area (Å²) in [5.41, 5.74) is 2.38. The van der Waals surface area contributed by atoms with Crippen molar-refractivity contribution in [2.75, 3.05) is 6.54 Å². The van der Waals surface area contributed by atoms with Gasteiger partial charge in [0.2, 0.25) is 5.91 Å². The van der Waals surface area contributed by atoms with Gasteiger partial charge in [-0.05, 0) is 37.8 Å². The lowest BCUT2D eigenvalue weighted by molar-refractivity contribution is -0.139. The van der Waals surface area contributed by atoms with E-state index < -0.39 is 5.97 Å². The Bertz CT molecular complexity index is 510. The summed E-state index contributed by atoms with van der Waals surface area (Å²) in [7, 11) is 0. The number of carboxylic acid groups (broad SMARTS) is 1. The second kappa shape index (κ2) is 6.07. The van der Waals surface area contributed by atoms with Gasteiger partial charge in [-0.25, -0.2) is 0 Å². The number of hydrogen-bond donors (Lipinski definition) is 1. The minimum absolute atomic E-state index is 0.0431. The lowest BCUT2D eigenvalue weighted by atomic mass is 9.76. The van der Waals surface area contributed by atoms with Crippen LogP contribution < -0.4 is 0 Å². The molecule has 0 heterocycles. The monoisotopic (exact) mass is 275 g/mol. The Morgan fingerprint density at radius 3 is 2.65 bits per heavy atom. The van der Waals surface area contributed by atoms with Crippen LogP contribution in [0.2, 0.25) is 0 Å². The molecule has 0 aliphatic heterocycles. The molecule has 1 aliphatic carbocycles. The Morgan fingerprint density at radius 2 is 2.05 bits per heavy atom. The number of carboxylic acids is 1. The van der Waals surface area contributed by atoms with Gasteiger partial charge in [0.05, 0.1) is 5.92 Å². The predicted molar refractivity (Wildman–Crippen MR) is 76.6 cm³/mol. The summed E-state index contributed by atoms with van der Waals surface area (Å²) in [4.78, 5) is 25.0. The molecule has 4 nitrogen and oxygen atoms in total. The SMILES string of the molecule is CC(C)N(CCCC(=O)O)C(=O)C1Cc2ccccc21. The highest BCUT2D eigenvalue weighted by Crippen LogP contribution is 2.36. The third-order valence-corrected chi connectivity index (χ3v) is 3.85. The molecule has 1 unspecified atom stereocenters. The summed E-state index contributed by atoms with van der Waals surface area (Å²) in [6.07, 6.45) is 1.42. The fraction of sp³-hybridized carbons (Fsp3) is 0.500. The molecule has 0 aromatic heterocycles. The average Bonchev–Trinajstić information content (AvgIpc) is 2.35. The van der Waals surface area contributed by atoms with Gasteiger partial charge >= 0.3 is 5.97 Å². The van der Waals surface area contributed by atoms with Crippen LogP contribution in [0.5, 0.6) is 0 Å². The first kappa shape index (κ1) is 14.6.